The predicted molar refractivity (Wildman–Crippen MR) is 179 cm³/mol. The summed E-state index contributed by atoms with van der Waals surface area (Å²) in [6, 6.07) is 8.25. The van der Waals surface area contributed by atoms with Crippen molar-refractivity contribution in [2.24, 2.45) is 0 Å². The number of ketones is 1. The van der Waals surface area contributed by atoms with Crippen LogP contribution in [0.4, 0.5) is 0 Å². The molecular formula is C35H58O14. The van der Waals surface area contributed by atoms with Gasteiger partial charge in [-0.1, -0.05) is 56.5 Å². The summed E-state index contributed by atoms with van der Waals surface area (Å²) in [5.74, 6) is -1.74. The second-order valence-electron chi connectivity index (χ2n) is 10.4. The van der Waals surface area contributed by atoms with Crippen LogP contribution >= 0.6 is 0 Å². The lowest BCUT2D eigenvalue weighted by Gasteiger charge is -2.09. The minimum Gasteiger partial charge on any atom is -0.463 e. The van der Waals surface area contributed by atoms with E-state index in [1.807, 2.05) is 0 Å². The fourth-order valence-corrected chi connectivity index (χ4v) is 3.81. The van der Waals surface area contributed by atoms with Gasteiger partial charge in [0.15, 0.2) is 0 Å². The van der Waals surface area contributed by atoms with Gasteiger partial charge in [-0.25, -0.2) is 4.79 Å². The standard InChI is InChI=1S/C35H58O14/c1-2-3-4-8-11-33(36)48-30-28-46-26-24-44-22-20-42-18-16-40-14-12-39-13-15-41-17-19-43-21-23-45-25-27-47-29-31-49-35(38)34(37)32-9-6-5-7-10-32/h5-7,9-10H,2-4,8,11-31H2,1H3. The van der Waals surface area contributed by atoms with Crippen molar-refractivity contribution in [2.45, 2.75) is 39.0 Å². The molecule has 0 aromatic heterocycles. The van der Waals surface area contributed by atoms with Crippen LogP contribution in [0, 0.1) is 0 Å². The van der Waals surface area contributed by atoms with E-state index < -0.39 is 11.8 Å². The lowest BCUT2D eigenvalue weighted by Crippen LogP contribution is -2.20. The van der Waals surface area contributed by atoms with Crippen molar-refractivity contribution < 1.29 is 66.5 Å². The smallest absolute Gasteiger partial charge is 0.379 e. The Morgan fingerprint density at radius 1 is 0.429 bits per heavy atom. The van der Waals surface area contributed by atoms with E-state index in [9.17, 15) is 14.4 Å². The van der Waals surface area contributed by atoms with E-state index in [1.165, 1.54) is 0 Å². The molecule has 14 nitrogen and oxygen atoms in total. The van der Waals surface area contributed by atoms with Gasteiger partial charge in [-0.15, -0.1) is 0 Å². The van der Waals surface area contributed by atoms with Gasteiger partial charge < -0.3 is 52.1 Å². The first-order chi connectivity index (χ1) is 24.1. The van der Waals surface area contributed by atoms with Crippen molar-refractivity contribution in [3.63, 3.8) is 0 Å². The van der Waals surface area contributed by atoms with Crippen molar-refractivity contribution in [3.05, 3.63) is 35.9 Å². The Labute approximate surface area is 291 Å². The van der Waals surface area contributed by atoms with E-state index in [0.29, 0.717) is 124 Å². The molecule has 0 aliphatic heterocycles. The maximum Gasteiger partial charge on any atom is 0.379 e. The number of benzene rings is 1. The van der Waals surface area contributed by atoms with Crippen LogP contribution < -0.4 is 0 Å². The molecule has 0 bridgehead atoms. The van der Waals surface area contributed by atoms with Gasteiger partial charge in [0.1, 0.15) is 13.2 Å². The number of hydrogen-bond donors (Lipinski definition) is 0. The highest BCUT2D eigenvalue weighted by Crippen LogP contribution is 2.03. The number of ether oxygens (including phenoxy) is 11. The molecule has 14 heteroatoms. The topological polar surface area (TPSA) is 153 Å². The number of carbonyl (C=O) groups excluding carboxylic acids is 3. The molecule has 0 saturated heterocycles. The maximum absolute atomic E-state index is 11.9. The lowest BCUT2D eigenvalue weighted by atomic mass is 10.1. The zero-order valence-electron chi connectivity index (χ0n) is 29.3. The minimum atomic E-state index is -0.900. The quantitative estimate of drug-likeness (QED) is 0.0432. The number of esters is 2. The number of rotatable bonds is 37. The Morgan fingerprint density at radius 3 is 1.14 bits per heavy atom. The van der Waals surface area contributed by atoms with Crippen LogP contribution in [0.3, 0.4) is 0 Å². The SMILES string of the molecule is CCCCCCC(=O)OCCOCCOCCOCCOCCOCCOCCOCCOCCOCCOC(=O)C(=O)c1ccccc1. The van der Waals surface area contributed by atoms with Gasteiger partial charge in [0.05, 0.1) is 119 Å². The van der Waals surface area contributed by atoms with Gasteiger partial charge in [0, 0.05) is 12.0 Å². The summed E-state index contributed by atoms with van der Waals surface area (Å²) in [4.78, 5) is 35.2. The third-order valence-corrected chi connectivity index (χ3v) is 6.38. The Balaban J connectivity index is 1.67. The highest BCUT2D eigenvalue weighted by molar-refractivity contribution is 6.40. The summed E-state index contributed by atoms with van der Waals surface area (Å²) >= 11 is 0. The normalized spacial score (nSPS) is 11.1. The molecule has 0 amide bonds. The minimum absolute atomic E-state index is 0.00565. The Kier molecular flexibility index (Phi) is 32.1. The van der Waals surface area contributed by atoms with Crippen LogP contribution in [0.5, 0.6) is 0 Å². The molecule has 0 N–H and O–H groups in total. The first kappa shape index (κ1) is 44.5. The summed E-state index contributed by atoms with van der Waals surface area (Å²) in [5, 5.41) is 0. The molecule has 0 fully saturated rings. The molecule has 0 atom stereocenters. The zero-order chi connectivity index (χ0) is 35.3. The molecular weight excluding hydrogens is 644 g/mol. The molecule has 0 heterocycles. The Hall–Kier alpha value is -2.53. The number of unbranched alkanes of at least 4 members (excludes halogenated alkanes) is 3. The van der Waals surface area contributed by atoms with E-state index >= 15 is 0 Å². The third-order valence-electron chi connectivity index (χ3n) is 6.38. The number of hydrogen-bond acceptors (Lipinski definition) is 14. The van der Waals surface area contributed by atoms with Gasteiger partial charge in [0.2, 0.25) is 0 Å². The molecule has 0 spiro atoms. The second-order valence-corrected chi connectivity index (χ2v) is 10.4. The maximum atomic E-state index is 11.9. The summed E-state index contributed by atoms with van der Waals surface area (Å²) in [6.07, 6.45) is 4.72. The van der Waals surface area contributed by atoms with E-state index in [0.717, 1.165) is 25.7 Å². The first-order valence-electron chi connectivity index (χ1n) is 17.3. The average molecular weight is 703 g/mol. The molecule has 1 rings (SSSR count). The second kappa shape index (κ2) is 35.3. The van der Waals surface area contributed by atoms with Gasteiger partial charge in [-0.05, 0) is 6.42 Å². The molecule has 49 heavy (non-hydrogen) atoms. The van der Waals surface area contributed by atoms with Gasteiger partial charge in [-0.3, -0.25) is 9.59 Å². The van der Waals surface area contributed by atoms with Crippen LogP contribution in [0.15, 0.2) is 30.3 Å². The van der Waals surface area contributed by atoms with E-state index in [-0.39, 0.29) is 25.8 Å². The predicted octanol–water partition coefficient (Wildman–Crippen LogP) is 3.08. The van der Waals surface area contributed by atoms with Crippen LogP contribution in [0.2, 0.25) is 0 Å². The Bertz CT molecular complexity index is 902. The van der Waals surface area contributed by atoms with Crippen molar-refractivity contribution >= 4 is 17.7 Å². The number of Topliss-reactive ketones (excluding diaryl/α,β-unsaturated/α-hetero) is 1. The fourth-order valence-electron chi connectivity index (χ4n) is 3.81. The number of carbonyl (C=O) groups is 3. The average Bonchev–Trinajstić information content (AvgIpc) is 3.12. The summed E-state index contributed by atoms with van der Waals surface area (Å²) < 4.78 is 58.9. The van der Waals surface area contributed by atoms with Gasteiger partial charge in [0.25, 0.3) is 5.78 Å². The van der Waals surface area contributed by atoms with E-state index in [4.69, 9.17) is 52.1 Å². The largest absolute Gasteiger partial charge is 0.463 e. The highest BCUT2D eigenvalue weighted by atomic mass is 16.6. The van der Waals surface area contributed by atoms with Gasteiger partial charge in [-0.2, -0.15) is 0 Å². The van der Waals surface area contributed by atoms with E-state index in [1.54, 1.807) is 30.3 Å². The summed E-state index contributed by atoms with van der Waals surface area (Å²) in [7, 11) is 0. The van der Waals surface area contributed by atoms with Crippen LogP contribution in [-0.2, 0) is 61.7 Å². The highest BCUT2D eigenvalue weighted by Gasteiger charge is 2.17. The van der Waals surface area contributed by atoms with Crippen LogP contribution in [0.1, 0.15) is 49.4 Å². The molecule has 1 aromatic rings. The molecule has 0 saturated carbocycles. The molecule has 0 radical (unpaired) electrons. The summed E-state index contributed by atoms with van der Waals surface area (Å²) in [5.41, 5.74) is 0.293. The first-order valence-corrected chi connectivity index (χ1v) is 17.3. The summed E-state index contributed by atoms with van der Waals surface area (Å²) in [6.45, 7) is 10.1. The monoisotopic (exact) mass is 702 g/mol. The molecule has 0 unspecified atom stereocenters. The fraction of sp³-hybridized carbons (Fsp3) is 0.743. The molecule has 1 aromatic carbocycles. The van der Waals surface area contributed by atoms with Crippen LogP contribution in [0.25, 0.3) is 0 Å². The lowest BCUT2D eigenvalue weighted by molar-refractivity contribution is -0.145. The van der Waals surface area contributed by atoms with Crippen LogP contribution in [-0.4, -0.2) is 150 Å². The van der Waals surface area contributed by atoms with Crippen molar-refractivity contribution in [3.8, 4) is 0 Å². The molecule has 282 valence electrons. The van der Waals surface area contributed by atoms with Crippen molar-refractivity contribution in [1.82, 2.24) is 0 Å². The van der Waals surface area contributed by atoms with Crippen molar-refractivity contribution in [1.29, 1.82) is 0 Å². The third kappa shape index (κ3) is 30.1. The molecule has 0 aliphatic carbocycles. The Morgan fingerprint density at radius 2 is 0.776 bits per heavy atom. The zero-order valence-corrected chi connectivity index (χ0v) is 29.3. The molecule has 0 aliphatic rings. The van der Waals surface area contributed by atoms with Crippen molar-refractivity contribution in [2.75, 3.05) is 132 Å². The van der Waals surface area contributed by atoms with Gasteiger partial charge >= 0.3 is 11.9 Å². The van der Waals surface area contributed by atoms with E-state index in [2.05, 4.69) is 6.92 Å².